The average Bonchev–Trinajstić information content (AvgIpc) is 2.44. The summed E-state index contributed by atoms with van der Waals surface area (Å²) in [6, 6.07) is 9.12. The molecule has 0 aliphatic rings. The summed E-state index contributed by atoms with van der Waals surface area (Å²) in [6.45, 7) is 10.5. The highest BCUT2D eigenvalue weighted by Crippen LogP contribution is 2.20. The highest BCUT2D eigenvalue weighted by atomic mass is 16.3. The molecule has 0 aliphatic carbocycles. The Balaban J connectivity index is 2.66. The van der Waals surface area contributed by atoms with Gasteiger partial charge in [-0.1, -0.05) is 36.8 Å². The smallest absolute Gasteiger partial charge is 0.0609 e. The fraction of sp³-hybridized carbons (Fsp3) is 0.647. The number of aliphatic hydroxyl groups is 1. The Kier molecular flexibility index (Phi) is 6.66. The van der Waals surface area contributed by atoms with Gasteiger partial charge in [-0.05, 0) is 46.3 Å². The summed E-state index contributed by atoms with van der Waals surface area (Å²) >= 11 is 0. The molecule has 1 aromatic rings. The zero-order valence-corrected chi connectivity index (χ0v) is 13.6. The molecule has 0 aromatic heterocycles. The van der Waals surface area contributed by atoms with Gasteiger partial charge in [-0.25, -0.2) is 0 Å². The maximum absolute atomic E-state index is 9.42. The van der Waals surface area contributed by atoms with E-state index in [-0.39, 0.29) is 12.1 Å². The summed E-state index contributed by atoms with van der Waals surface area (Å²) in [7, 11) is 2.08. The van der Waals surface area contributed by atoms with Crippen LogP contribution in [0.5, 0.6) is 0 Å². The van der Waals surface area contributed by atoms with Gasteiger partial charge in [0, 0.05) is 18.1 Å². The van der Waals surface area contributed by atoms with Crippen LogP contribution in [-0.4, -0.2) is 42.3 Å². The van der Waals surface area contributed by atoms with Gasteiger partial charge in [0.2, 0.25) is 0 Å². The van der Waals surface area contributed by atoms with Crippen LogP contribution in [0.3, 0.4) is 0 Å². The lowest BCUT2D eigenvalue weighted by Crippen LogP contribution is -2.45. The van der Waals surface area contributed by atoms with Gasteiger partial charge in [-0.15, -0.1) is 0 Å². The normalized spacial score (nSPS) is 13.8. The van der Waals surface area contributed by atoms with Crippen LogP contribution < -0.4 is 5.32 Å². The average molecular weight is 278 g/mol. The second-order valence-corrected chi connectivity index (χ2v) is 6.20. The topological polar surface area (TPSA) is 35.5 Å². The molecule has 1 aromatic carbocycles. The van der Waals surface area contributed by atoms with Crippen LogP contribution in [0, 0.1) is 6.92 Å². The quantitative estimate of drug-likeness (QED) is 0.767. The number of aryl methyl sites for hydroxylation is 1. The molecule has 1 unspecified atom stereocenters. The Morgan fingerprint density at radius 2 is 1.85 bits per heavy atom. The Morgan fingerprint density at radius 1 is 1.25 bits per heavy atom. The van der Waals surface area contributed by atoms with Gasteiger partial charge in [-0.2, -0.15) is 0 Å². The summed E-state index contributed by atoms with van der Waals surface area (Å²) in [6.07, 6.45) is 1.04. The third kappa shape index (κ3) is 4.89. The summed E-state index contributed by atoms with van der Waals surface area (Å²) in [5, 5.41) is 13.0. The Bertz CT molecular complexity index is 386. The van der Waals surface area contributed by atoms with Gasteiger partial charge in [-0.3, -0.25) is 4.90 Å². The van der Waals surface area contributed by atoms with E-state index in [9.17, 15) is 5.11 Å². The predicted octanol–water partition coefficient (Wildman–Crippen LogP) is 2.74. The number of nitrogens with zero attached hydrogens (tertiary/aromatic N) is 1. The fourth-order valence-electron chi connectivity index (χ4n) is 2.18. The molecule has 3 nitrogen and oxygen atoms in total. The number of likely N-dealkylation sites (N-methyl/N-ethyl adjacent to an activating group) is 1. The van der Waals surface area contributed by atoms with Crippen LogP contribution in [0.2, 0.25) is 0 Å². The molecule has 0 saturated carbocycles. The number of hydrogen-bond acceptors (Lipinski definition) is 3. The number of aliphatic hydroxyl groups excluding tert-OH is 1. The molecule has 20 heavy (non-hydrogen) atoms. The van der Waals surface area contributed by atoms with Crippen molar-refractivity contribution in [1.82, 2.24) is 10.2 Å². The van der Waals surface area contributed by atoms with Crippen molar-refractivity contribution in [3.63, 3.8) is 0 Å². The minimum atomic E-state index is -0.163. The summed E-state index contributed by atoms with van der Waals surface area (Å²) in [4.78, 5) is 2.23. The van der Waals surface area contributed by atoms with Crippen molar-refractivity contribution < 1.29 is 5.11 Å². The first-order valence-corrected chi connectivity index (χ1v) is 7.52. The second kappa shape index (κ2) is 7.77. The third-order valence-corrected chi connectivity index (χ3v) is 4.10. The minimum Gasteiger partial charge on any atom is -0.394 e. The fourth-order valence-corrected chi connectivity index (χ4v) is 2.18. The lowest BCUT2D eigenvalue weighted by molar-refractivity contribution is 0.0758. The molecule has 0 spiro atoms. The highest BCUT2D eigenvalue weighted by molar-refractivity contribution is 5.24. The second-order valence-electron chi connectivity index (χ2n) is 6.20. The minimum absolute atomic E-state index is 0.163. The molecule has 0 radical (unpaired) electrons. The van der Waals surface area contributed by atoms with Crippen LogP contribution in [0.1, 0.15) is 44.4 Å². The van der Waals surface area contributed by atoms with E-state index < -0.39 is 0 Å². The standard InChI is InChI=1S/C17H30N2O/c1-6-18-16(15-9-7-14(2)8-10-15)11-12-19(5)17(3,4)13-20/h7-10,16,18,20H,6,11-13H2,1-5H3. The maximum Gasteiger partial charge on any atom is 0.0609 e. The molecule has 1 atom stereocenters. The van der Waals surface area contributed by atoms with E-state index in [1.807, 2.05) is 0 Å². The van der Waals surface area contributed by atoms with Crippen molar-refractivity contribution in [3.05, 3.63) is 35.4 Å². The largest absolute Gasteiger partial charge is 0.394 e. The van der Waals surface area contributed by atoms with Gasteiger partial charge in [0.25, 0.3) is 0 Å². The van der Waals surface area contributed by atoms with Crippen LogP contribution in [-0.2, 0) is 0 Å². The molecule has 1 rings (SSSR count). The van der Waals surface area contributed by atoms with E-state index in [2.05, 4.69) is 69.2 Å². The van der Waals surface area contributed by atoms with Crippen molar-refractivity contribution in [3.8, 4) is 0 Å². The molecule has 114 valence electrons. The molecule has 0 bridgehead atoms. The lowest BCUT2D eigenvalue weighted by atomic mass is 10.00. The Labute approximate surface area is 124 Å². The first-order valence-electron chi connectivity index (χ1n) is 7.52. The Morgan fingerprint density at radius 3 is 2.35 bits per heavy atom. The number of nitrogens with one attached hydrogen (secondary N) is 1. The monoisotopic (exact) mass is 278 g/mol. The van der Waals surface area contributed by atoms with E-state index >= 15 is 0 Å². The third-order valence-electron chi connectivity index (χ3n) is 4.10. The van der Waals surface area contributed by atoms with E-state index in [4.69, 9.17) is 0 Å². The van der Waals surface area contributed by atoms with Crippen molar-refractivity contribution >= 4 is 0 Å². The van der Waals surface area contributed by atoms with Crippen molar-refractivity contribution in [1.29, 1.82) is 0 Å². The molecule has 3 heteroatoms. The van der Waals surface area contributed by atoms with Crippen molar-refractivity contribution in [2.24, 2.45) is 0 Å². The molecule has 0 aliphatic heterocycles. The van der Waals surface area contributed by atoms with Crippen LogP contribution in [0.15, 0.2) is 24.3 Å². The van der Waals surface area contributed by atoms with E-state index in [1.54, 1.807) is 0 Å². The molecule has 0 heterocycles. The zero-order valence-electron chi connectivity index (χ0n) is 13.6. The summed E-state index contributed by atoms with van der Waals surface area (Å²) in [5.41, 5.74) is 2.47. The summed E-state index contributed by atoms with van der Waals surface area (Å²) in [5.74, 6) is 0. The summed E-state index contributed by atoms with van der Waals surface area (Å²) < 4.78 is 0. The molecule has 0 amide bonds. The molecule has 0 saturated heterocycles. The number of benzene rings is 1. The lowest BCUT2D eigenvalue weighted by Gasteiger charge is -2.35. The van der Waals surface area contributed by atoms with Crippen LogP contribution in [0.4, 0.5) is 0 Å². The molecular formula is C17H30N2O. The first-order chi connectivity index (χ1) is 9.40. The van der Waals surface area contributed by atoms with Gasteiger partial charge in [0.05, 0.1) is 6.61 Å². The van der Waals surface area contributed by atoms with Gasteiger partial charge in [0.15, 0.2) is 0 Å². The Hall–Kier alpha value is -0.900. The van der Waals surface area contributed by atoms with Crippen molar-refractivity contribution in [2.75, 3.05) is 26.7 Å². The zero-order chi connectivity index (χ0) is 15.2. The first kappa shape index (κ1) is 17.2. The SMILES string of the molecule is CCNC(CCN(C)C(C)(C)CO)c1ccc(C)cc1. The van der Waals surface area contributed by atoms with Crippen molar-refractivity contribution in [2.45, 2.75) is 45.7 Å². The number of rotatable bonds is 8. The van der Waals surface area contributed by atoms with E-state index in [1.165, 1.54) is 11.1 Å². The van der Waals surface area contributed by atoms with Crippen LogP contribution >= 0.6 is 0 Å². The van der Waals surface area contributed by atoms with E-state index in [0.29, 0.717) is 6.04 Å². The van der Waals surface area contributed by atoms with Gasteiger partial charge >= 0.3 is 0 Å². The van der Waals surface area contributed by atoms with Gasteiger partial charge < -0.3 is 10.4 Å². The number of hydrogen-bond donors (Lipinski definition) is 2. The van der Waals surface area contributed by atoms with E-state index in [0.717, 1.165) is 19.5 Å². The molecule has 0 fully saturated rings. The predicted molar refractivity (Wildman–Crippen MR) is 86.0 cm³/mol. The highest BCUT2D eigenvalue weighted by Gasteiger charge is 2.23. The van der Waals surface area contributed by atoms with Crippen LogP contribution in [0.25, 0.3) is 0 Å². The molecule has 2 N–H and O–H groups in total. The van der Waals surface area contributed by atoms with Gasteiger partial charge in [0.1, 0.15) is 0 Å². The maximum atomic E-state index is 9.42. The molecular weight excluding hydrogens is 248 g/mol.